The largest absolute Gasteiger partial charge is 0.480 e. The number of carbonyl (C=O) groups excluding carboxylic acids is 1. The summed E-state index contributed by atoms with van der Waals surface area (Å²) in [5.41, 5.74) is 6.03. The summed E-state index contributed by atoms with van der Waals surface area (Å²) in [5, 5.41) is 2.69. The van der Waals surface area contributed by atoms with Gasteiger partial charge in [0.05, 0.1) is 0 Å². The molecule has 0 heterocycles. The van der Waals surface area contributed by atoms with E-state index in [9.17, 15) is 9.18 Å². The van der Waals surface area contributed by atoms with E-state index in [2.05, 4.69) is 5.32 Å². The third-order valence-electron chi connectivity index (χ3n) is 2.47. The highest BCUT2D eigenvalue weighted by molar-refractivity contribution is 5.77. The lowest BCUT2D eigenvalue weighted by Crippen LogP contribution is -2.30. The molecule has 1 rings (SSSR count). The number of carbonyl (C=O) groups is 1. The maximum absolute atomic E-state index is 13.5. The molecule has 0 aliphatic carbocycles. The van der Waals surface area contributed by atoms with Gasteiger partial charge in [-0.1, -0.05) is 25.5 Å². The van der Waals surface area contributed by atoms with Crippen molar-refractivity contribution in [2.45, 2.75) is 26.3 Å². The van der Waals surface area contributed by atoms with Crippen molar-refractivity contribution >= 4 is 5.91 Å². The van der Waals surface area contributed by atoms with Gasteiger partial charge in [-0.25, -0.2) is 4.39 Å². The molecule has 18 heavy (non-hydrogen) atoms. The molecule has 0 spiro atoms. The SMILES string of the molecule is CCCCNC(=O)COc1c(F)cccc1CN. The predicted octanol–water partition coefficient (Wildman–Crippen LogP) is 1.58. The number of amides is 1. The molecule has 0 aliphatic heterocycles. The van der Waals surface area contributed by atoms with Crippen molar-refractivity contribution in [3.05, 3.63) is 29.6 Å². The first-order valence-electron chi connectivity index (χ1n) is 6.06. The Morgan fingerprint density at radius 1 is 1.50 bits per heavy atom. The van der Waals surface area contributed by atoms with Gasteiger partial charge in [-0.3, -0.25) is 4.79 Å². The zero-order chi connectivity index (χ0) is 13.4. The number of unbranched alkanes of at least 4 members (excludes halogenated alkanes) is 1. The van der Waals surface area contributed by atoms with E-state index in [4.69, 9.17) is 10.5 Å². The molecule has 0 unspecified atom stereocenters. The van der Waals surface area contributed by atoms with E-state index in [0.717, 1.165) is 12.8 Å². The van der Waals surface area contributed by atoms with Gasteiger partial charge in [0, 0.05) is 18.7 Å². The standard InChI is InChI=1S/C13H19FN2O2/c1-2-3-7-16-12(17)9-18-13-10(8-15)5-4-6-11(13)14/h4-6H,2-3,7-9,15H2,1H3,(H,16,17). The predicted molar refractivity (Wildman–Crippen MR) is 67.7 cm³/mol. The van der Waals surface area contributed by atoms with Crippen LogP contribution in [0.2, 0.25) is 0 Å². The molecule has 3 N–H and O–H groups in total. The van der Waals surface area contributed by atoms with Gasteiger partial charge in [-0.15, -0.1) is 0 Å². The fraction of sp³-hybridized carbons (Fsp3) is 0.462. The second-order valence-corrected chi connectivity index (χ2v) is 3.92. The van der Waals surface area contributed by atoms with Gasteiger partial charge >= 0.3 is 0 Å². The summed E-state index contributed by atoms with van der Waals surface area (Å²) < 4.78 is 18.7. The maximum atomic E-state index is 13.5. The van der Waals surface area contributed by atoms with Crippen LogP contribution in [0.25, 0.3) is 0 Å². The van der Waals surface area contributed by atoms with Crippen LogP contribution in [0, 0.1) is 5.82 Å². The minimum atomic E-state index is -0.501. The van der Waals surface area contributed by atoms with E-state index in [-0.39, 0.29) is 24.8 Å². The van der Waals surface area contributed by atoms with Crippen LogP contribution in [-0.4, -0.2) is 19.1 Å². The maximum Gasteiger partial charge on any atom is 0.257 e. The first-order valence-corrected chi connectivity index (χ1v) is 6.06. The molecule has 0 aromatic heterocycles. The average Bonchev–Trinajstić information content (AvgIpc) is 2.37. The minimum Gasteiger partial charge on any atom is -0.480 e. The van der Waals surface area contributed by atoms with Crippen molar-refractivity contribution in [1.29, 1.82) is 0 Å². The van der Waals surface area contributed by atoms with Crippen molar-refractivity contribution in [3.63, 3.8) is 0 Å². The summed E-state index contributed by atoms with van der Waals surface area (Å²) in [6.07, 6.45) is 1.92. The summed E-state index contributed by atoms with van der Waals surface area (Å²) in [6.45, 7) is 2.62. The molecule has 1 aromatic rings. The molecule has 1 aromatic carbocycles. The number of nitrogens with two attached hydrogens (primary N) is 1. The van der Waals surface area contributed by atoms with Crippen molar-refractivity contribution < 1.29 is 13.9 Å². The summed E-state index contributed by atoms with van der Waals surface area (Å²) >= 11 is 0. The Balaban J connectivity index is 2.50. The van der Waals surface area contributed by atoms with Crippen LogP contribution >= 0.6 is 0 Å². The molecular formula is C13H19FN2O2. The number of hydrogen-bond acceptors (Lipinski definition) is 3. The average molecular weight is 254 g/mol. The Bertz CT molecular complexity index is 397. The van der Waals surface area contributed by atoms with E-state index >= 15 is 0 Å². The molecule has 0 saturated carbocycles. The second kappa shape index (κ2) is 7.66. The topological polar surface area (TPSA) is 64.3 Å². The normalized spacial score (nSPS) is 10.2. The lowest BCUT2D eigenvalue weighted by atomic mass is 10.2. The van der Waals surface area contributed by atoms with Crippen molar-refractivity contribution in [1.82, 2.24) is 5.32 Å². The zero-order valence-corrected chi connectivity index (χ0v) is 10.5. The number of halogens is 1. The number of benzene rings is 1. The molecular weight excluding hydrogens is 235 g/mol. The molecule has 1 amide bonds. The lowest BCUT2D eigenvalue weighted by Gasteiger charge is -2.11. The van der Waals surface area contributed by atoms with Crippen LogP contribution in [0.5, 0.6) is 5.75 Å². The zero-order valence-electron chi connectivity index (χ0n) is 10.5. The summed E-state index contributed by atoms with van der Waals surface area (Å²) in [7, 11) is 0. The smallest absolute Gasteiger partial charge is 0.257 e. The fourth-order valence-corrected chi connectivity index (χ4v) is 1.47. The van der Waals surface area contributed by atoms with Gasteiger partial charge in [0.15, 0.2) is 18.2 Å². The molecule has 0 saturated heterocycles. The molecule has 0 bridgehead atoms. The molecule has 100 valence electrons. The Hall–Kier alpha value is -1.62. The van der Waals surface area contributed by atoms with Gasteiger partial charge < -0.3 is 15.8 Å². The first-order chi connectivity index (χ1) is 8.69. The van der Waals surface area contributed by atoms with Crippen LogP contribution in [0.3, 0.4) is 0 Å². The molecule has 0 atom stereocenters. The van der Waals surface area contributed by atoms with Crippen LogP contribution in [0.15, 0.2) is 18.2 Å². The number of ether oxygens (including phenoxy) is 1. The molecule has 4 nitrogen and oxygen atoms in total. The fourth-order valence-electron chi connectivity index (χ4n) is 1.47. The summed E-state index contributed by atoms with van der Waals surface area (Å²) in [4.78, 5) is 11.4. The Morgan fingerprint density at radius 3 is 2.94 bits per heavy atom. The summed E-state index contributed by atoms with van der Waals surface area (Å²) in [5.74, 6) is -0.695. The Kier molecular flexibility index (Phi) is 6.14. The quantitative estimate of drug-likeness (QED) is 0.726. The minimum absolute atomic E-state index is 0.0608. The van der Waals surface area contributed by atoms with Crippen molar-refractivity contribution in [3.8, 4) is 5.75 Å². The van der Waals surface area contributed by atoms with E-state index in [1.54, 1.807) is 12.1 Å². The van der Waals surface area contributed by atoms with Crippen molar-refractivity contribution in [2.24, 2.45) is 5.73 Å². The van der Waals surface area contributed by atoms with Crippen LogP contribution in [0.1, 0.15) is 25.3 Å². The van der Waals surface area contributed by atoms with Crippen LogP contribution in [0.4, 0.5) is 4.39 Å². The van der Waals surface area contributed by atoms with E-state index in [1.807, 2.05) is 6.92 Å². The van der Waals surface area contributed by atoms with Crippen molar-refractivity contribution in [2.75, 3.05) is 13.2 Å². The Labute approximate surface area is 106 Å². The summed E-state index contributed by atoms with van der Waals surface area (Å²) in [6, 6.07) is 4.52. The number of hydrogen-bond donors (Lipinski definition) is 2. The Morgan fingerprint density at radius 2 is 2.28 bits per heavy atom. The van der Waals surface area contributed by atoms with Crippen LogP contribution in [-0.2, 0) is 11.3 Å². The van der Waals surface area contributed by atoms with E-state index in [1.165, 1.54) is 6.07 Å². The van der Waals surface area contributed by atoms with Gasteiger partial charge in [0.25, 0.3) is 5.91 Å². The highest BCUT2D eigenvalue weighted by atomic mass is 19.1. The first kappa shape index (κ1) is 14.4. The third kappa shape index (κ3) is 4.33. The highest BCUT2D eigenvalue weighted by Gasteiger charge is 2.10. The highest BCUT2D eigenvalue weighted by Crippen LogP contribution is 2.21. The van der Waals surface area contributed by atoms with E-state index < -0.39 is 5.82 Å². The molecule has 0 aliphatic rings. The van der Waals surface area contributed by atoms with Gasteiger partial charge in [0.1, 0.15) is 0 Å². The number of nitrogens with one attached hydrogen (secondary N) is 1. The van der Waals surface area contributed by atoms with Gasteiger partial charge in [-0.05, 0) is 12.5 Å². The molecule has 0 fully saturated rings. The lowest BCUT2D eigenvalue weighted by molar-refractivity contribution is -0.123. The van der Waals surface area contributed by atoms with Gasteiger partial charge in [0.2, 0.25) is 0 Å². The van der Waals surface area contributed by atoms with E-state index in [0.29, 0.717) is 12.1 Å². The third-order valence-corrected chi connectivity index (χ3v) is 2.47. The van der Waals surface area contributed by atoms with Gasteiger partial charge in [-0.2, -0.15) is 0 Å². The number of rotatable bonds is 7. The van der Waals surface area contributed by atoms with Crippen LogP contribution < -0.4 is 15.8 Å². The molecule has 0 radical (unpaired) electrons. The second-order valence-electron chi connectivity index (χ2n) is 3.92. The number of para-hydroxylation sites is 1. The molecule has 5 heteroatoms. The monoisotopic (exact) mass is 254 g/mol.